The Bertz CT molecular complexity index is 405. The monoisotopic (exact) mass is 205 g/mol. The van der Waals surface area contributed by atoms with E-state index in [4.69, 9.17) is 10.5 Å². The average Bonchev–Trinajstić information content (AvgIpc) is 2.94. The summed E-state index contributed by atoms with van der Waals surface area (Å²) in [5.41, 5.74) is 7.10. The van der Waals surface area contributed by atoms with Crippen molar-refractivity contribution < 1.29 is 9.84 Å². The first kappa shape index (κ1) is 9.04. The lowest BCUT2D eigenvalue weighted by atomic mass is 9.87. The fourth-order valence-electron chi connectivity index (χ4n) is 2.84. The maximum Gasteiger partial charge on any atom is 0.123 e. The number of phenolic OH excluding ortho intramolecular Hbond substituents is 1. The van der Waals surface area contributed by atoms with E-state index >= 15 is 0 Å². The Labute approximate surface area is 88.9 Å². The van der Waals surface area contributed by atoms with Crippen LogP contribution < -0.4 is 10.5 Å². The Morgan fingerprint density at radius 1 is 1.53 bits per heavy atom. The highest BCUT2D eigenvalue weighted by atomic mass is 16.5. The highest BCUT2D eigenvalue weighted by Gasteiger charge is 2.56. The highest BCUT2D eigenvalue weighted by molar-refractivity contribution is 5.49. The minimum Gasteiger partial charge on any atom is -0.508 e. The number of nitrogens with two attached hydrogens (primary N) is 1. The van der Waals surface area contributed by atoms with E-state index in [0.717, 1.165) is 37.3 Å². The largest absolute Gasteiger partial charge is 0.508 e. The SMILES string of the molecule is NCC1CC12CCOc1ccc(O)cc12. The van der Waals surface area contributed by atoms with Gasteiger partial charge in [0.05, 0.1) is 6.61 Å². The summed E-state index contributed by atoms with van der Waals surface area (Å²) in [7, 11) is 0. The molecular weight excluding hydrogens is 190 g/mol. The normalized spacial score (nSPS) is 32.2. The minimum atomic E-state index is 0.209. The Morgan fingerprint density at radius 3 is 3.13 bits per heavy atom. The molecule has 0 saturated heterocycles. The van der Waals surface area contributed by atoms with Gasteiger partial charge in [0.25, 0.3) is 0 Å². The van der Waals surface area contributed by atoms with Crippen molar-refractivity contribution >= 4 is 0 Å². The topological polar surface area (TPSA) is 55.5 Å². The first-order valence-corrected chi connectivity index (χ1v) is 5.42. The second kappa shape index (κ2) is 2.89. The number of hydrogen-bond acceptors (Lipinski definition) is 3. The standard InChI is InChI=1S/C12H15NO2/c13-7-8-6-12(8)3-4-15-11-2-1-9(14)5-10(11)12/h1-2,5,8,14H,3-4,6-7,13H2. The van der Waals surface area contributed by atoms with Crippen LogP contribution in [-0.2, 0) is 5.41 Å². The minimum absolute atomic E-state index is 0.209. The molecule has 1 saturated carbocycles. The maximum atomic E-state index is 9.52. The fourth-order valence-corrected chi connectivity index (χ4v) is 2.84. The molecule has 0 amide bonds. The molecule has 0 aromatic heterocycles. The van der Waals surface area contributed by atoms with E-state index in [1.165, 1.54) is 0 Å². The van der Waals surface area contributed by atoms with E-state index in [2.05, 4.69) is 0 Å². The molecule has 2 unspecified atom stereocenters. The molecule has 1 aromatic rings. The predicted molar refractivity (Wildman–Crippen MR) is 57.1 cm³/mol. The summed E-state index contributed by atoms with van der Waals surface area (Å²) in [6, 6.07) is 5.37. The number of hydrogen-bond donors (Lipinski definition) is 2. The molecule has 3 heteroatoms. The van der Waals surface area contributed by atoms with Gasteiger partial charge in [-0.2, -0.15) is 0 Å². The van der Waals surface area contributed by atoms with Crippen LogP contribution in [0.1, 0.15) is 18.4 Å². The third-order valence-corrected chi connectivity index (χ3v) is 3.82. The van der Waals surface area contributed by atoms with Gasteiger partial charge in [-0.25, -0.2) is 0 Å². The smallest absolute Gasteiger partial charge is 0.123 e. The molecule has 3 nitrogen and oxygen atoms in total. The lowest BCUT2D eigenvalue weighted by Crippen LogP contribution is -2.23. The quantitative estimate of drug-likeness (QED) is 0.728. The zero-order valence-electron chi connectivity index (χ0n) is 8.57. The van der Waals surface area contributed by atoms with Gasteiger partial charge in [0.2, 0.25) is 0 Å². The summed E-state index contributed by atoms with van der Waals surface area (Å²) < 4.78 is 5.59. The van der Waals surface area contributed by atoms with Crippen LogP contribution in [0.2, 0.25) is 0 Å². The Hall–Kier alpha value is -1.22. The van der Waals surface area contributed by atoms with Crippen LogP contribution in [0.5, 0.6) is 11.5 Å². The number of ether oxygens (including phenoxy) is 1. The van der Waals surface area contributed by atoms with Crippen LogP contribution in [-0.4, -0.2) is 18.3 Å². The Kier molecular flexibility index (Phi) is 1.74. The Balaban J connectivity index is 2.07. The molecule has 1 spiro atoms. The lowest BCUT2D eigenvalue weighted by Gasteiger charge is -2.27. The first-order chi connectivity index (χ1) is 7.26. The van der Waals surface area contributed by atoms with Crippen molar-refractivity contribution in [3.8, 4) is 11.5 Å². The van der Waals surface area contributed by atoms with Crippen LogP contribution in [0.4, 0.5) is 0 Å². The Morgan fingerprint density at radius 2 is 2.40 bits per heavy atom. The van der Waals surface area contributed by atoms with Crippen LogP contribution in [0.15, 0.2) is 18.2 Å². The summed E-state index contributed by atoms with van der Waals surface area (Å²) in [5.74, 6) is 1.82. The number of aromatic hydroxyl groups is 1. The van der Waals surface area contributed by atoms with Gasteiger partial charge in [-0.1, -0.05) is 0 Å². The summed E-state index contributed by atoms with van der Waals surface area (Å²) in [6.07, 6.45) is 2.18. The zero-order chi connectivity index (χ0) is 10.5. The second-order valence-electron chi connectivity index (χ2n) is 4.57. The maximum absolute atomic E-state index is 9.52. The molecule has 1 aliphatic carbocycles. The number of benzene rings is 1. The van der Waals surface area contributed by atoms with E-state index in [0.29, 0.717) is 11.7 Å². The van der Waals surface area contributed by atoms with E-state index in [1.54, 1.807) is 6.07 Å². The molecule has 15 heavy (non-hydrogen) atoms. The summed E-state index contributed by atoms with van der Waals surface area (Å²) in [6.45, 7) is 1.50. The van der Waals surface area contributed by atoms with Crippen LogP contribution in [0, 0.1) is 5.92 Å². The molecule has 0 bridgehead atoms. The van der Waals surface area contributed by atoms with Crippen molar-refractivity contribution in [3.63, 3.8) is 0 Å². The van der Waals surface area contributed by atoms with Gasteiger partial charge >= 0.3 is 0 Å². The summed E-state index contributed by atoms with van der Waals surface area (Å²) >= 11 is 0. The van der Waals surface area contributed by atoms with Crippen molar-refractivity contribution in [1.82, 2.24) is 0 Å². The average molecular weight is 205 g/mol. The van der Waals surface area contributed by atoms with Gasteiger partial charge in [-0.3, -0.25) is 0 Å². The van der Waals surface area contributed by atoms with E-state index in [1.807, 2.05) is 12.1 Å². The van der Waals surface area contributed by atoms with Gasteiger partial charge in [-0.15, -0.1) is 0 Å². The number of phenols is 1. The number of fused-ring (bicyclic) bond motifs is 2. The molecule has 2 atom stereocenters. The molecule has 1 aliphatic heterocycles. The van der Waals surface area contributed by atoms with Gasteiger partial charge in [-0.05, 0) is 43.5 Å². The molecule has 80 valence electrons. The first-order valence-electron chi connectivity index (χ1n) is 5.42. The lowest BCUT2D eigenvalue weighted by molar-refractivity contribution is 0.253. The van der Waals surface area contributed by atoms with Crippen LogP contribution in [0.3, 0.4) is 0 Å². The van der Waals surface area contributed by atoms with Crippen molar-refractivity contribution in [3.05, 3.63) is 23.8 Å². The highest BCUT2D eigenvalue weighted by Crippen LogP contribution is 2.60. The molecule has 2 aliphatic rings. The summed E-state index contributed by atoms with van der Waals surface area (Å²) in [5, 5.41) is 9.52. The summed E-state index contributed by atoms with van der Waals surface area (Å²) in [4.78, 5) is 0. The molecule has 1 heterocycles. The van der Waals surface area contributed by atoms with Crippen molar-refractivity contribution in [2.45, 2.75) is 18.3 Å². The second-order valence-corrected chi connectivity index (χ2v) is 4.57. The number of rotatable bonds is 1. The van der Waals surface area contributed by atoms with Gasteiger partial charge in [0.1, 0.15) is 11.5 Å². The van der Waals surface area contributed by atoms with Crippen LogP contribution in [0.25, 0.3) is 0 Å². The van der Waals surface area contributed by atoms with Crippen molar-refractivity contribution in [2.75, 3.05) is 13.2 Å². The molecule has 1 fully saturated rings. The third kappa shape index (κ3) is 1.16. The molecule has 0 radical (unpaired) electrons. The van der Waals surface area contributed by atoms with Crippen LogP contribution >= 0.6 is 0 Å². The molecule has 3 N–H and O–H groups in total. The van der Waals surface area contributed by atoms with Gasteiger partial charge in [0, 0.05) is 11.0 Å². The van der Waals surface area contributed by atoms with E-state index < -0.39 is 0 Å². The van der Waals surface area contributed by atoms with E-state index in [-0.39, 0.29) is 5.41 Å². The van der Waals surface area contributed by atoms with Crippen molar-refractivity contribution in [2.24, 2.45) is 11.7 Å². The zero-order valence-corrected chi connectivity index (χ0v) is 8.57. The fraction of sp³-hybridized carbons (Fsp3) is 0.500. The predicted octanol–water partition coefficient (Wildman–Crippen LogP) is 1.39. The van der Waals surface area contributed by atoms with Crippen molar-refractivity contribution in [1.29, 1.82) is 0 Å². The van der Waals surface area contributed by atoms with E-state index in [9.17, 15) is 5.11 Å². The van der Waals surface area contributed by atoms with Gasteiger partial charge < -0.3 is 15.6 Å². The molecular formula is C12H15NO2. The van der Waals surface area contributed by atoms with Gasteiger partial charge in [0.15, 0.2) is 0 Å². The third-order valence-electron chi connectivity index (χ3n) is 3.82. The molecule has 1 aromatic carbocycles. The molecule has 3 rings (SSSR count).